The third-order valence-electron chi connectivity index (χ3n) is 5.63. The number of amides is 1. The quantitative estimate of drug-likeness (QED) is 0.855. The first-order chi connectivity index (χ1) is 11.1. The Morgan fingerprint density at radius 1 is 1.22 bits per heavy atom. The molecule has 0 bridgehead atoms. The summed E-state index contributed by atoms with van der Waals surface area (Å²) in [6, 6.07) is 8.82. The standard InChI is InChI=1S/C19H26N2O2/c1-15-4-6-16(7-5-15)10-18(22)21-13-19(14-21)11-17(12-23-19)20-8-2-3-9-20/h4-7,17H,2-3,8-14H2,1H3. The van der Waals surface area contributed by atoms with E-state index in [0.29, 0.717) is 12.5 Å². The van der Waals surface area contributed by atoms with Gasteiger partial charge in [0.15, 0.2) is 0 Å². The van der Waals surface area contributed by atoms with Crippen molar-refractivity contribution in [2.45, 2.75) is 44.2 Å². The molecule has 3 aliphatic rings. The van der Waals surface area contributed by atoms with E-state index in [1.165, 1.54) is 31.5 Å². The van der Waals surface area contributed by atoms with Crippen molar-refractivity contribution in [1.29, 1.82) is 0 Å². The molecular weight excluding hydrogens is 288 g/mol. The molecule has 0 N–H and O–H groups in total. The van der Waals surface area contributed by atoms with Gasteiger partial charge < -0.3 is 9.64 Å². The van der Waals surface area contributed by atoms with E-state index in [1.807, 2.05) is 4.90 Å². The van der Waals surface area contributed by atoms with E-state index in [9.17, 15) is 4.79 Å². The molecule has 1 unspecified atom stereocenters. The molecule has 4 heteroatoms. The molecule has 1 amide bonds. The molecule has 3 fully saturated rings. The van der Waals surface area contributed by atoms with Gasteiger partial charge in [-0.3, -0.25) is 9.69 Å². The lowest BCUT2D eigenvalue weighted by atomic mass is 9.88. The Hall–Kier alpha value is -1.39. The summed E-state index contributed by atoms with van der Waals surface area (Å²) in [5.41, 5.74) is 2.29. The summed E-state index contributed by atoms with van der Waals surface area (Å²) >= 11 is 0. The van der Waals surface area contributed by atoms with Crippen LogP contribution in [0.2, 0.25) is 0 Å². The molecule has 3 heterocycles. The van der Waals surface area contributed by atoms with Gasteiger partial charge in [0.2, 0.25) is 5.91 Å². The second-order valence-electron chi connectivity index (χ2n) is 7.51. The molecule has 1 aromatic rings. The second-order valence-corrected chi connectivity index (χ2v) is 7.51. The van der Waals surface area contributed by atoms with Gasteiger partial charge in [-0.25, -0.2) is 0 Å². The molecule has 1 aromatic carbocycles. The van der Waals surface area contributed by atoms with Crippen molar-refractivity contribution in [2.24, 2.45) is 0 Å². The molecule has 124 valence electrons. The van der Waals surface area contributed by atoms with E-state index in [2.05, 4.69) is 36.1 Å². The molecule has 1 atom stereocenters. The van der Waals surface area contributed by atoms with Crippen molar-refractivity contribution in [3.8, 4) is 0 Å². The van der Waals surface area contributed by atoms with Gasteiger partial charge in [0.1, 0.15) is 5.60 Å². The number of hydrogen-bond donors (Lipinski definition) is 0. The van der Waals surface area contributed by atoms with Gasteiger partial charge >= 0.3 is 0 Å². The highest BCUT2D eigenvalue weighted by molar-refractivity contribution is 5.80. The normalized spacial score (nSPS) is 26.7. The number of carbonyl (C=O) groups excluding carboxylic acids is 1. The monoisotopic (exact) mass is 314 g/mol. The molecule has 3 aliphatic heterocycles. The summed E-state index contributed by atoms with van der Waals surface area (Å²) in [4.78, 5) is 17.0. The zero-order valence-corrected chi connectivity index (χ0v) is 14.0. The summed E-state index contributed by atoms with van der Waals surface area (Å²) in [5, 5.41) is 0. The van der Waals surface area contributed by atoms with Crippen LogP contribution < -0.4 is 0 Å². The average molecular weight is 314 g/mol. The third kappa shape index (κ3) is 3.02. The Morgan fingerprint density at radius 3 is 2.61 bits per heavy atom. The van der Waals surface area contributed by atoms with Crippen molar-refractivity contribution in [3.63, 3.8) is 0 Å². The minimum atomic E-state index is -0.0454. The number of aryl methyl sites for hydroxylation is 1. The predicted molar refractivity (Wildman–Crippen MR) is 89.4 cm³/mol. The van der Waals surface area contributed by atoms with Crippen molar-refractivity contribution in [1.82, 2.24) is 9.80 Å². The average Bonchev–Trinajstić information content (AvgIpc) is 3.16. The van der Waals surface area contributed by atoms with Crippen LogP contribution in [0.1, 0.15) is 30.4 Å². The topological polar surface area (TPSA) is 32.8 Å². The highest BCUT2D eigenvalue weighted by Gasteiger charge is 2.52. The maximum Gasteiger partial charge on any atom is 0.227 e. The molecule has 23 heavy (non-hydrogen) atoms. The van der Waals surface area contributed by atoms with Crippen LogP contribution in [0.25, 0.3) is 0 Å². The van der Waals surface area contributed by atoms with Crippen molar-refractivity contribution in [3.05, 3.63) is 35.4 Å². The molecule has 0 saturated carbocycles. The molecule has 4 nitrogen and oxygen atoms in total. The summed E-state index contributed by atoms with van der Waals surface area (Å²) < 4.78 is 6.11. The van der Waals surface area contributed by atoms with E-state index in [-0.39, 0.29) is 11.5 Å². The SMILES string of the molecule is Cc1ccc(CC(=O)N2CC3(CC(N4CCCC4)CO3)C2)cc1. The van der Waals surface area contributed by atoms with Crippen LogP contribution in [0.3, 0.4) is 0 Å². The Kier molecular flexibility index (Phi) is 3.90. The number of ether oxygens (including phenoxy) is 1. The highest BCUT2D eigenvalue weighted by atomic mass is 16.5. The molecular formula is C19H26N2O2. The van der Waals surface area contributed by atoms with Gasteiger partial charge in [0, 0.05) is 6.04 Å². The zero-order valence-electron chi connectivity index (χ0n) is 14.0. The molecule has 1 spiro atoms. The van der Waals surface area contributed by atoms with Crippen LogP contribution in [0.4, 0.5) is 0 Å². The van der Waals surface area contributed by atoms with Crippen molar-refractivity contribution < 1.29 is 9.53 Å². The van der Waals surface area contributed by atoms with Crippen molar-refractivity contribution in [2.75, 3.05) is 32.8 Å². The number of nitrogens with zero attached hydrogens (tertiary/aromatic N) is 2. The largest absolute Gasteiger partial charge is 0.370 e. The number of carbonyl (C=O) groups is 1. The van der Waals surface area contributed by atoms with E-state index in [1.54, 1.807) is 0 Å². The van der Waals surface area contributed by atoms with E-state index < -0.39 is 0 Å². The van der Waals surface area contributed by atoms with Gasteiger partial charge in [-0.15, -0.1) is 0 Å². The summed E-state index contributed by atoms with van der Waals surface area (Å²) in [5.74, 6) is 0.229. The van der Waals surface area contributed by atoms with Gasteiger partial charge in [-0.05, 0) is 44.8 Å². The Morgan fingerprint density at radius 2 is 1.91 bits per heavy atom. The maximum atomic E-state index is 12.4. The van der Waals surface area contributed by atoms with E-state index in [0.717, 1.165) is 31.7 Å². The second kappa shape index (κ2) is 5.91. The smallest absolute Gasteiger partial charge is 0.227 e. The van der Waals surface area contributed by atoms with Gasteiger partial charge in [0.25, 0.3) is 0 Å². The van der Waals surface area contributed by atoms with E-state index in [4.69, 9.17) is 4.74 Å². The number of likely N-dealkylation sites (tertiary alicyclic amines) is 2. The minimum absolute atomic E-state index is 0.0454. The fraction of sp³-hybridized carbons (Fsp3) is 0.632. The Bertz CT molecular complexity index is 572. The van der Waals surface area contributed by atoms with Crippen LogP contribution in [0, 0.1) is 6.92 Å². The van der Waals surface area contributed by atoms with Crippen LogP contribution >= 0.6 is 0 Å². The first kappa shape index (κ1) is 15.2. The van der Waals surface area contributed by atoms with Crippen LogP contribution in [-0.2, 0) is 16.0 Å². The molecule has 0 aromatic heterocycles. The van der Waals surface area contributed by atoms with Gasteiger partial charge in [-0.2, -0.15) is 0 Å². The van der Waals surface area contributed by atoms with Crippen LogP contribution in [0.5, 0.6) is 0 Å². The first-order valence-corrected chi connectivity index (χ1v) is 8.85. The van der Waals surface area contributed by atoms with Crippen LogP contribution in [-0.4, -0.2) is 60.1 Å². The predicted octanol–water partition coefficient (Wildman–Crippen LogP) is 2.00. The van der Waals surface area contributed by atoms with Gasteiger partial charge in [-0.1, -0.05) is 29.8 Å². The minimum Gasteiger partial charge on any atom is -0.370 e. The Balaban J connectivity index is 1.29. The first-order valence-electron chi connectivity index (χ1n) is 8.85. The lowest BCUT2D eigenvalue weighted by Crippen LogP contribution is -2.63. The molecule has 3 saturated heterocycles. The molecule has 0 radical (unpaired) electrons. The zero-order chi connectivity index (χ0) is 15.9. The molecule has 4 rings (SSSR count). The van der Waals surface area contributed by atoms with Crippen LogP contribution in [0.15, 0.2) is 24.3 Å². The number of hydrogen-bond acceptors (Lipinski definition) is 3. The fourth-order valence-electron chi connectivity index (χ4n) is 4.20. The maximum absolute atomic E-state index is 12.4. The lowest BCUT2D eigenvalue weighted by molar-refractivity contribution is -0.157. The Labute approximate surface area is 138 Å². The lowest BCUT2D eigenvalue weighted by Gasteiger charge is -2.47. The summed E-state index contributed by atoms with van der Waals surface area (Å²) in [6.07, 6.45) is 4.25. The summed E-state index contributed by atoms with van der Waals surface area (Å²) in [7, 11) is 0. The summed E-state index contributed by atoms with van der Waals surface area (Å²) in [6.45, 7) is 6.92. The third-order valence-corrected chi connectivity index (χ3v) is 5.63. The molecule has 0 aliphatic carbocycles. The van der Waals surface area contributed by atoms with E-state index >= 15 is 0 Å². The number of benzene rings is 1. The fourth-order valence-corrected chi connectivity index (χ4v) is 4.20. The van der Waals surface area contributed by atoms with Crippen molar-refractivity contribution >= 4 is 5.91 Å². The highest BCUT2D eigenvalue weighted by Crippen LogP contribution is 2.37. The number of rotatable bonds is 3. The van der Waals surface area contributed by atoms with Gasteiger partial charge in [0.05, 0.1) is 26.1 Å².